The largest absolute Gasteiger partial charge is 0.495 e. The van der Waals surface area contributed by atoms with Crippen molar-refractivity contribution < 1.29 is 19.4 Å². The molecule has 0 fully saturated rings. The minimum Gasteiger partial charge on any atom is -0.495 e. The van der Waals surface area contributed by atoms with E-state index < -0.39 is 5.97 Å². The van der Waals surface area contributed by atoms with E-state index in [9.17, 15) is 4.79 Å². The van der Waals surface area contributed by atoms with Gasteiger partial charge in [0, 0.05) is 29.3 Å². The summed E-state index contributed by atoms with van der Waals surface area (Å²) in [7, 11) is 1.60. The standard InChI is InChI=1S/C24H26N2O4S/c1-17-13-22(21(29-2)14-20(17)30-16-24(27)28)31-12-6-11-25-23-10-9-19(15-26-23)18-7-4-3-5-8-18/h3-5,7-10,13-15H,6,11-12,16H2,1-2H3,(H,25,26)(H,27,28). The van der Waals surface area contributed by atoms with Gasteiger partial charge in [0.25, 0.3) is 0 Å². The lowest BCUT2D eigenvalue weighted by Gasteiger charge is -2.13. The minimum atomic E-state index is -1.01. The van der Waals surface area contributed by atoms with E-state index in [1.165, 1.54) is 0 Å². The number of pyridine rings is 1. The van der Waals surface area contributed by atoms with Gasteiger partial charge in [-0.25, -0.2) is 9.78 Å². The van der Waals surface area contributed by atoms with Crippen molar-refractivity contribution in [3.63, 3.8) is 0 Å². The summed E-state index contributed by atoms with van der Waals surface area (Å²) in [5, 5.41) is 12.1. The first-order valence-electron chi connectivity index (χ1n) is 9.98. The zero-order chi connectivity index (χ0) is 22.1. The van der Waals surface area contributed by atoms with Gasteiger partial charge in [0.2, 0.25) is 0 Å². The van der Waals surface area contributed by atoms with Gasteiger partial charge in [0.05, 0.1) is 7.11 Å². The molecule has 6 nitrogen and oxygen atoms in total. The van der Waals surface area contributed by atoms with Crippen molar-refractivity contribution in [2.45, 2.75) is 18.2 Å². The van der Waals surface area contributed by atoms with Crippen LogP contribution in [-0.4, -0.2) is 42.1 Å². The van der Waals surface area contributed by atoms with Gasteiger partial charge in [-0.2, -0.15) is 0 Å². The maximum Gasteiger partial charge on any atom is 0.341 e. The number of benzene rings is 2. The molecule has 0 atom stereocenters. The van der Waals surface area contributed by atoms with Crippen LogP contribution < -0.4 is 14.8 Å². The number of aryl methyl sites for hydroxylation is 1. The summed E-state index contributed by atoms with van der Waals surface area (Å²) < 4.78 is 10.8. The molecule has 7 heteroatoms. The van der Waals surface area contributed by atoms with Gasteiger partial charge >= 0.3 is 5.97 Å². The summed E-state index contributed by atoms with van der Waals surface area (Å²) in [4.78, 5) is 16.2. The predicted octanol–water partition coefficient (Wildman–Crippen LogP) is 5.12. The molecule has 3 aromatic rings. The highest BCUT2D eigenvalue weighted by atomic mass is 32.2. The molecule has 0 bridgehead atoms. The Labute approximate surface area is 186 Å². The number of methoxy groups -OCH3 is 1. The number of thioether (sulfide) groups is 1. The fourth-order valence-electron chi connectivity index (χ4n) is 2.98. The molecule has 2 aromatic carbocycles. The van der Waals surface area contributed by atoms with E-state index in [4.69, 9.17) is 14.6 Å². The second-order valence-electron chi connectivity index (χ2n) is 6.88. The molecule has 0 saturated heterocycles. The van der Waals surface area contributed by atoms with E-state index in [0.717, 1.165) is 46.1 Å². The summed E-state index contributed by atoms with van der Waals surface area (Å²) in [6.07, 6.45) is 2.83. The number of carbonyl (C=O) groups is 1. The molecule has 3 rings (SSSR count). The Morgan fingerprint density at radius 1 is 1.10 bits per heavy atom. The smallest absolute Gasteiger partial charge is 0.341 e. The number of hydrogen-bond donors (Lipinski definition) is 2. The van der Waals surface area contributed by atoms with E-state index in [2.05, 4.69) is 28.5 Å². The second-order valence-corrected chi connectivity index (χ2v) is 8.01. The van der Waals surface area contributed by atoms with E-state index in [-0.39, 0.29) is 6.61 Å². The third kappa shape index (κ3) is 6.65. The molecule has 0 aliphatic carbocycles. The van der Waals surface area contributed by atoms with E-state index in [1.807, 2.05) is 43.5 Å². The highest BCUT2D eigenvalue weighted by Gasteiger charge is 2.11. The van der Waals surface area contributed by atoms with Crippen LogP contribution in [0.4, 0.5) is 5.82 Å². The number of hydrogen-bond acceptors (Lipinski definition) is 6. The predicted molar refractivity (Wildman–Crippen MR) is 124 cm³/mol. The summed E-state index contributed by atoms with van der Waals surface area (Å²) >= 11 is 1.70. The van der Waals surface area contributed by atoms with Gasteiger partial charge < -0.3 is 19.9 Å². The second kappa shape index (κ2) is 11.3. The van der Waals surface area contributed by atoms with Gasteiger partial charge in [-0.05, 0) is 48.4 Å². The normalized spacial score (nSPS) is 10.5. The Balaban J connectivity index is 1.47. The first-order chi connectivity index (χ1) is 15.1. The van der Waals surface area contributed by atoms with Crippen molar-refractivity contribution in [1.82, 2.24) is 4.98 Å². The van der Waals surface area contributed by atoms with Gasteiger partial charge in [-0.1, -0.05) is 30.3 Å². The van der Waals surface area contributed by atoms with Crippen LogP contribution in [0.15, 0.2) is 65.7 Å². The molecule has 0 aliphatic heterocycles. The van der Waals surface area contributed by atoms with Crippen molar-refractivity contribution in [1.29, 1.82) is 0 Å². The molecule has 0 spiro atoms. The van der Waals surface area contributed by atoms with Crippen molar-refractivity contribution in [3.8, 4) is 22.6 Å². The Kier molecular flexibility index (Phi) is 8.18. The Morgan fingerprint density at radius 3 is 2.58 bits per heavy atom. The van der Waals surface area contributed by atoms with E-state index in [0.29, 0.717) is 11.5 Å². The van der Waals surface area contributed by atoms with Crippen LogP contribution in [0, 0.1) is 6.92 Å². The topological polar surface area (TPSA) is 80.7 Å². The third-order valence-corrected chi connectivity index (χ3v) is 5.69. The molecule has 31 heavy (non-hydrogen) atoms. The lowest BCUT2D eigenvalue weighted by molar-refractivity contribution is -0.139. The van der Waals surface area contributed by atoms with Crippen LogP contribution in [0.5, 0.6) is 11.5 Å². The van der Waals surface area contributed by atoms with Gasteiger partial charge in [-0.15, -0.1) is 11.8 Å². The molecule has 0 aliphatic rings. The molecule has 0 radical (unpaired) electrons. The monoisotopic (exact) mass is 438 g/mol. The summed E-state index contributed by atoms with van der Waals surface area (Å²) in [6.45, 7) is 2.33. The highest BCUT2D eigenvalue weighted by Crippen LogP contribution is 2.35. The third-order valence-electron chi connectivity index (χ3n) is 4.57. The lowest BCUT2D eigenvalue weighted by Crippen LogP contribution is -2.10. The zero-order valence-electron chi connectivity index (χ0n) is 17.6. The average Bonchev–Trinajstić information content (AvgIpc) is 2.79. The van der Waals surface area contributed by atoms with Crippen LogP contribution in [-0.2, 0) is 4.79 Å². The number of nitrogens with one attached hydrogen (secondary N) is 1. The number of rotatable bonds is 11. The molecular weight excluding hydrogens is 412 g/mol. The van der Waals surface area contributed by atoms with Gasteiger partial charge in [-0.3, -0.25) is 0 Å². The zero-order valence-corrected chi connectivity index (χ0v) is 18.4. The van der Waals surface area contributed by atoms with Crippen molar-refractivity contribution in [2.75, 3.05) is 31.3 Å². The summed E-state index contributed by atoms with van der Waals surface area (Å²) in [5.74, 6) is 1.96. The van der Waals surface area contributed by atoms with Crippen LogP contribution in [0.3, 0.4) is 0 Å². The highest BCUT2D eigenvalue weighted by molar-refractivity contribution is 7.99. The quantitative estimate of drug-likeness (QED) is 0.317. The number of ether oxygens (including phenoxy) is 2. The number of carboxylic acids is 1. The molecule has 2 N–H and O–H groups in total. The molecule has 162 valence electrons. The first-order valence-corrected chi connectivity index (χ1v) is 11.0. The molecule has 1 heterocycles. The van der Waals surface area contributed by atoms with Crippen LogP contribution in [0.2, 0.25) is 0 Å². The maximum atomic E-state index is 10.7. The maximum absolute atomic E-state index is 10.7. The summed E-state index contributed by atoms with van der Waals surface area (Å²) in [6, 6.07) is 18.0. The lowest BCUT2D eigenvalue weighted by atomic mass is 10.1. The fourth-order valence-corrected chi connectivity index (χ4v) is 4.03. The molecular formula is C24H26N2O4S. The van der Waals surface area contributed by atoms with Crippen LogP contribution >= 0.6 is 11.8 Å². The molecule has 0 unspecified atom stereocenters. The molecule has 1 aromatic heterocycles. The Morgan fingerprint density at radius 2 is 1.90 bits per heavy atom. The Bertz CT molecular complexity index is 994. The average molecular weight is 439 g/mol. The van der Waals surface area contributed by atoms with Gasteiger partial charge in [0.1, 0.15) is 17.3 Å². The molecule has 0 saturated carbocycles. The number of aliphatic carboxylic acids is 1. The SMILES string of the molecule is COc1cc(OCC(=O)O)c(C)cc1SCCCNc1ccc(-c2ccccc2)cn1. The van der Waals surface area contributed by atoms with Crippen molar-refractivity contribution in [2.24, 2.45) is 0 Å². The van der Waals surface area contributed by atoms with E-state index >= 15 is 0 Å². The first kappa shape index (κ1) is 22.5. The van der Waals surface area contributed by atoms with E-state index in [1.54, 1.807) is 24.9 Å². The van der Waals surface area contributed by atoms with Crippen LogP contribution in [0.25, 0.3) is 11.1 Å². The number of nitrogens with zero attached hydrogens (tertiary/aromatic N) is 1. The molecule has 0 amide bonds. The summed E-state index contributed by atoms with van der Waals surface area (Å²) in [5.41, 5.74) is 3.13. The van der Waals surface area contributed by atoms with Gasteiger partial charge in [0.15, 0.2) is 6.61 Å². The fraction of sp³-hybridized carbons (Fsp3) is 0.250. The van der Waals surface area contributed by atoms with Crippen molar-refractivity contribution >= 4 is 23.5 Å². The minimum absolute atomic E-state index is 0.373. The van der Waals surface area contributed by atoms with Crippen LogP contribution in [0.1, 0.15) is 12.0 Å². The number of aromatic nitrogens is 1. The number of anilines is 1. The number of carboxylic acid groups (broad SMARTS) is 1. The Hall–Kier alpha value is -3.19. The van der Waals surface area contributed by atoms with Crippen molar-refractivity contribution in [3.05, 3.63) is 66.4 Å².